The van der Waals surface area contributed by atoms with Crippen molar-refractivity contribution in [3.8, 4) is 11.3 Å². The van der Waals surface area contributed by atoms with Gasteiger partial charge in [-0.05, 0) is 75.0 Å². The van der Waals surface area contributed by atoms with Gasteiger partial charge in [0.25, 0.3) is 0 Å². The highest BCUT2D eigenvalue weighted by Gasteiger charge is 2.34. The molecule has 0 amide bonds. The first-order valence-corrected chi connectivity index (χ1v) is 13.2. The lowest BCUT2D eigenvalue weighted by molar-refractivity contribution is -0.137. The van der Waals surface area contributed by atoms with E-state index in [0.29, 0.717) is 41.9 Å². The molecule has 5 nitrogen and oxygen atoms in total. The van der Waals surface area contributed by atoms with Gasteiger partial charge in [0, 0.05) is 29.7 Å². The Morgan fingerprint density at radius 2 is 1.87 bits per heavy atom. The maximum atomic E-state index is 13.7. The number of fused-ring (bicyclic) bond motifs is 1. The Morgan fingerprint density at radius 3 is 2.66 bits per heavy atom. The number of nitrogens with zero attached hydrogens (tertiary/aromatic N) is 4. The van der Waals surface area contributed by atoms with Gasteiger partial charge in [0.2, 0.25) is 0 Å². The van der Waals surface area contributed by atoms with Crippen molar-refractivity contribution in [1.29, 1.82) is 0 Å². The molecule has 2 aromatic carbocycles. The van der Waals surface area contributed by atoms with Crippen LogP contribution in [0, 0.1) is 6.92 Å². The number of halogens is 3. The minimum atomic E-state index is -4.50. The Labute approximate surface area is 221 Å². The average Bonchev–Trinajstić information content (AvgIpc) is 2.90. The van der Waals surface area contributed by atoms with Crippen LogP contribution in [0.15, 0.2) is 60.8 Å². The smallest absolute Gasteiger partial charge is 0.369 e. The lowest BCUT2D eigenvalue weighted by Gasteiger charge is -2.32. The predicted octanol–water partition coefficient (Wildman–Crippen LogP) is 7.05. The standard InChI is InChI=1S/C30H32F3N5/c1-20-8-3-4-10-22(20)14-16-35-29-24-13-12-23(28-25(30(31,32)33)11-7-15-34-28)18-26(24)36-27(37-29)19-38-17-6-5-9-21(38)2/h3-4,7-8,10-13,15,18,21H,5-6,9,14,16-17,19H2,1-2H3,(H,35,36,37). The zero-order valence-corrected chi connectivity index (χ0v) is 21.7. The third-order valence-electron chi connectivity index (χ3n) is 7.36. The Hall–Kier alpha value is -3.52. The fraction of sp³-hybridized carbons (Fsp3) is 0.367. The van der Waals surface area contributed by atoms with Gasteiger partial charge in [0.1, 0.15) is 11.6 Å². The van der Waals surface area contributed by atoms with Gasteiger partial charge in [-0.2, -0.15) is 13.2 Å². The Kier molecular flexibility index (Phi) is 7.61. The lowest BCUT2D eigenvalue weighted by Crippen LogP contribution is -2.37. The molecule has 1 N–H and O–H groups in total. The second-order valence-corrected chi connectivity index (χ2v) is 10.0. The molecule has 0 saturated carbocycles. The molecule has 0 bridgehead atoms. The highest BCUT2D eigenvalue weighted by molar-refractivity contribution is 5.92. The Bertz CT molecular complexity index is 1420. The minimum Gasteiger partial charge on any atom is -0.369 e. The van der Waals surface area contributed by atoms with Crippen molar-refractivity contribution in [3.63, 3.8) is 0 Å². The molecule has 4 aromatic rings. The topological polar surface area (TPSA) is 53.9 Å². The normalized spacial score (nSPS) is 16.6. The summed E-state index contributed by atoms with van der Waals surface area (Å²) in [5.41, 5.74) is 2.63. The van der Waals surface area contributed by atoms with Crippen LogP contribution in [0.25, 0.3) is 22.2 Å². The summed E-state index contributed by atoms with van der Waals surface area (Å²) in [7, 11) is 0. The van der Waals surface area contributed by atoms with Gasteiger partial charge in [0.05, 0.1) is 23.3 Å². The molecule has 1 saturated heterocycles. The first-order valence-electron chi connectivity index (χ1n) is 13.2. The van der Waals surface area contributed by atoms with Gasteiger partial charge in [-0.1, -0.05) is 36.8 Å². The number of likely N-dealkylation sites (tertiary alicyclic amines) is 1. The zero-order chi connectivity index (χ0) is 26.7. The number of pyridine rings is 1. The second-order valence-electron chi connectivity index (χ2n) is 10.0. The summed E-state index contributed by atoms with van der Waals surface area (Å²) in [6.07, 6.45) is 1.22. The van der Waals surface area contributed by atoms with E-state index in [9.17, 15) is 13.2 Å². The minimum absolute atomic E-state index is 0.0965. The lowest BCUT2D eigenvalue weighted by atomic mass is 10.0. The highest BCUT2D eigenvalue weighted by Crippen LogP contribution is 2.37. The number of aromatic nitrogens is 3. The summed E-state index contributed by atoms with van der Waals surface area (Å²) in [5, 5.41) is 4.26. The molecule has 3 heterocycles. The van der Waals surface area contributed by atoms with Gasteiger partial charge in [-0.15, -0.1) is 0 Å². The molecule has 2 aromatic heterocycles. The maximum absolute atomic E-state index is 13.7. The first kappa shape index (κ1) is 26.1. The van der Waals surface area contributed by atoms with Crippen molar-refractivity contribution < 1.29 is 13.2 Å². The molecule has 0 radical (unpaired) electrons. The van der Waals surface area contributed by atoms with E-state index in [0.717, 1.165) is 37.3 Å². The van der Waals surface area contributed by atoms with E-state index in [1.165, 1.54) is 29.8 Å². The summed E-state index contributed by atoms with van der Waals surface area (Å²) in [6.45, 7) is 6.59. The molecule has 1 atom stereocenters. The number of piperidine rings is 1. The molecular formula is C30H32F3N5. The third-order valence-corrected chi connectivity index (χ3v) is 7.36. The van der Waals surface area contributed by atoms with E-state index in [4.69, 9.17) is 9.97 Å². The zero-order valence-electron chi connectivity index (χ0n) is 21.7. The molecule has 198 valence electrons. The fourth-order valence-corrected chi connectivity index (χ4v) is 5.17. The number of benzene rings is 2. The number of rotatable bonds is 7. The van der Waals surface area contributed by atoms with Crippen molar-refractivity contribution in [3.05, 3.63) is 83.3 Å². The van der Waals surface area contributed by atoms with Gasteiger partial charge >= 0.3 is 6.18 Å². The number of hydrogen-bond donors (Lipinski definition) is 1. The van der Waals surface area contributed by atoms with E-state index in [-0.39, 0.29) is 5.69 Å². The predicted molar refractivity (Wildman–Crippen MR) is 145 cm³/mol. The quantitative estimate of drug-likeness (QED) is 0.284. The van der Waals surface area contributed by atoms with Crippen LogP contribution in [0.5, 0.6) is 0 Å². The molecule has 0 aliphatic carbocycles. The van der Waals surface area contributed by atoms with E-state index in [1.54, 1.807) is 18.2 Å². The SMILES string of the molecule is Cc1ccccc1CCNc1nc(CN2CCCCC2C)nc2cc(-c3ncccc3C(F)(F)F)ccc12. The summed E-state index contributed by atoms with van der Waals surface area (Å²) >= 11 is 0. The second kappa shape index (κ2) is 11.1. The summed E-state index contributed by atoms with van der Waals surface area (Å²) in [4.78, 5) is 16.2. The van der Waals surface area contributed by atoms with Crippen molar-refractivity contribution in [2.45, 2.75) is 58.3 Å². The molecule has 1 aliphatic heterocycles. The molecule has 5 rings (SSSR count). The Balaban J connectivity index is 1.51. The maximum Gasteiger partial charge on any atom is 0.418 e. The molecule has 1 fully saturated rings. The van der Waals surface area contributed by atoms with E-state index < -0.39 is 11.7 Å². The molecule has 1 unspecified atom stereocenters. The van der Waals surface area contributed by atoms with Crippen LogP contribution in [-0.4, -0.2) is 39.0 Å². The van der Waals surface area contributed by atoms with Crippen LogP contribution in [0.4, 0.5) is 19.0 Å². The van der Waals surface area contributed by atoms with Gasteiger partial charge in [-0.3, -0.25) is 9.88 Å². The summed E-state index contributed by atoms with van der Waals surface area (Å²) < 4.78 is 41.1. The molecule has 0 spiro atoms. The van der Waals surface area contributed by atoms with Gasteiger partial charge < -0.3 is 5.32 Å². The highest BCUT2D eigenvalue weighted by atomic mass is 19.4. The molecular weight excluding hydrogens is 487 g/mol. The van der Waals surface area contributed by atoms with Crippen molar-refractivity contribution in [2.24, 2.45) is 0 Å². The number of hydrogen-bond acceptors (Lipinski definition) is 5. The van der Waals surface area contributed by atoms with Crippen molar-refractivity contribution in [2.75, 3.05) is 18.4 Å². The van der Waals surface area contributed by atoms with Gasteiger partial charge in [0.15, 0.2) is 0 Å². The van der Waals surface area contributed by atoms with Crippen LogP contribution in [0.3, 0.4) is 0 Å². The number of aryl methyl sites for hydroxylation is 1. The van der Waals surface area contributed by atoms with Crippen LogP contribution >= 0.6 is 0 Å². The van der Waals surface area contributed by atoms with E-state index >= 15 is 0 Å². The Morgan fingerprint density at radius 1 is 1.03 bits per heavy atom. The fourth-order valence-electron chi connectivity index (χ4n) is 5.17. The van der Waals surface area contributed by atoms with Gasteiger partial charge in [-0.25, -0.2) is 9.97 Å². The summed E-state index contributed by atoms with van der Waals surface area (Å²) in [6, 6.07) is 16.3. The van der Waals surface area contributed by atoms with Crippen LogP contribution in [-0.2, 0) is 19.1 Å². The van der Waals surface area contributed by atoms with Crippen molar-refractivity contribution >= 4 is 16.7 Å². The number of nitrogens with one attached hydrogen (secondary N) is 1. The molecule has 1 aliphatic rings. The van der Waals surface area contributed by atoms with Crippen LogP contribution in [0.1, 0.15) is 48.7 Å². The van der Waals surface area contributed by atoms with Crippen molar-refractivity contribution in [1.82, 2.24) is 19.9 Å². The number of anilines is 1. The van der Waals surface area contributed by atoms with E-state index in [2.05, 4.69) is 41.2 Å². The van der Waals surface area contributed by atoms with Crippen LogP contribution in [0.2, 0.25) is 0 Å². The van der Waals surface area contributed by atoms with Crippen LogP contribution < -0.4 is 5.32 Å². The largest absolute Gasteiger partial charge is 0.418 e. The average molecular weight is 520 g/mol. The first-order chi connectivity index (χ1) is 18.3. The summed E-state index contributed by atoms with van der Waals surface area (Å²) in [5.74, 6) is 1.37. The molecule has 38 heavy (non-hydrogen) atoms. The third kappa shape index (κ3) is 5.80. The number of alkyl halides is 3. The monoisotopic (exact) mass is 519 g/mol. The van der Waals surface area contributed by atoms with E-state index in [1.807, 2.05) is 12.1 Å². The molecule has 8 heteroatoms.